The molecule has 0 aliphatic rings. The molecule has 4 aromatic rings. The summed E-state index contributed by atoms with van der Waals surface area (Å²) in [5, 5.41) is 0. The Labute approximate surface area is 147 Å². The molecule has 0 unspecified atom stereocenters. The Balaban J connectivity index is 1.74. The van der Waals surface area contributed by atoms with E-state index in [0.29, 0.717) is 0 Å². The van der Waals surface area contributed by atoms with Crippen molar-refractivity contribution >= 4 is 11.0 Å². The Bertz CT molecular complexity index is 972. The van der Waals surface area contributed by atoms with E-state index in [9.17, 15) is 0 Å². The summed E-state index contributed by atoms with van der Waals surface area (Å²) in [7, 11) is 1.69. The number of H-pyrrole nitrogens is 1. The molecule has 0 atom stereocenters. The summed E-state index contributed by atoms with van der Waals surface area (Å²) in [6.45, 7) is 0.926. The van der Waals surface area contributed by atoms with Gasteiger partial charge in [0.15, 0.2) is 11.0 Å². The number of para-hydroxylation sites is 2. The summed E-state index contributed by atoms with van der Waals surface area (Å²) < 4.78 is 7.65. The number of aromatic nitrogens is 2. The van der Waals surface area contributed by atoms with E-state index in [2.05, 4.69) is 76.3 Å². The van der Waals surface area contributed by atoms with Crippen molar-refractivity contribution in [1.82, 2.24) is 4.98 Å². The molecule has 0 aliphatic heterocycles. The Morgan fingerprint density at radius 3 is 2.32 bits per heavy atom. The summed E-state index contributed by atoms with van der Waals surface area (Å²) >= 11 is 0. The van der Waals surface area contributed by atoms with Crippen LogP contribution in [0.3, 0.4) is 0 Å². The van der Waals surface area contributed by atoms with Crippen LogP contribution in [0, 0.1) is 0 Å². The Morgan fingerprint density at radius 1 is 0.840 bits per heavy atom. The number of imidazole rings is 1. The molecule has 0 amide bonds. The number of nitrogens with zero attached hydrogens (tertiary/aromatic N) is 1. The lowest BCUT2D eigenvalue weighted by atomic mass is 10.1. The SMILES string of the molecule is COc1ccc(-c2[nH]c3ccccc3[n+]2CCc2ccccc2)cc1. The molecule has 1 heterocycles. The number of aryl methyl sites for hydroxylation is 2. The van der Waals surface area contributed by atoms with Crippen LogP contribution in [-0.4, -0.2) is 12.1 Å². The molecule has 3 heteroatoms. The lowest BCUT2D eigenvalue weighted by Gasteiger charge is -2.04. The molecule has 1 N–H and O–H groups in total. The highest BCUT2D eigenvalue weighted by Gasteiger charge is 2.19. The fourth-order valence-electron chi connectivity index (χ4n) is 3.22. The smallest absolute Gasteiger partial charge is 0.287 e. The molecular formula is C22H21N2O+. The average molecular weight is 329 g/mol. The van der Waals surface area contributed by atoms with Gasteiger partial charge in [0.1, 0.15) is 5.75 Å². The number of methoxy groups -OCH3 is 1. The standard InChI is InChI=1S/C22H20N2O/c1-25-19-13-11-18(12-14-19)22-23-20-9-5-6-10-21(20)24(22)16-15-17-7-3-2-4-8-17/h2-14H,15-16H2,1H3/p+1. The molecule has 3 aromatic carbocycles. The molecular weight excluding hydrogens is 308 g/mol. The van der Waals surface area contributed by atoms with Crippen molar-refractivity contribution < 1.29 is 9.30 Å². The van der Waals surface area contributed by atoms with Crippen molar-refractivity contribution in [3.8, 4) is 17.1 Å². The van der Waals surface area contributed by atoms with Gasteiger partial charge in [-0.05, 0) is 42.0 Å². The molecule has 0 fully saturated rings. The van der Waals surface area contributed by atoms with Crippen LogP contribution in [0.15, 0.2) is 78.9 Å². The van der Waals surface area contributed by atoms with Gasteiger partial charge in [0.05, 0.1) is 19.2 Å². The van der Waals surface area contributed by atoms with Crippen LogP contribution < -0.4 is 9.30 Å². The molecule has 124 valence electrons. The molecule has 0 bridgehead atoms. The monoisotopic (exact) mass is 329 g/mol. The first-order valence-corrected chi connectivity index (χ1v) is 8.54. The maximum atomic E-state index is 5.28. The number of hydrogen-bond donors (Lipinski definition) is 1. The Hall–Kier alpha value is -3.07. The van der Waals surface area contributed by atoms with Crippen molar-refractivity contribution in [1.29, 1.82) is 0 Å². The normalized spacial score (nSPS) is 10.9. The van der Waals surface area contributed by atoms with Gasteiger partial charge in [-0.1, -0.05) is 42.5 Å². The molecule has 0 radical (unpaired) electrons. The zero-order valence-corrected chi connectivity index (χ0v) is 14.3. The summed E-state index contributed by atoms with van der Waals surface area (Å²) in [5.74, 6) is 2.00. The molecule has 4 rings (SSSR count). The van der Waals surface area contributed by atoms with Gasteiger partial charge < -0.3 is 4.74 Å². The number of rotatable bonds is 5. The first-order chi connectivity index (χ1) is 12.3. The fourth-order valence-corrected chi connectivity index (χ4v) is 3.22. The Morgan fingerprint density at radius 2 is 1.56 bits per heavy atom. The predicted octanol–water partition coefficient (Wildman–Crippen LogP) is 4.37. The maximum absolute atomic E-state index is 5.28. The van der Waals surface area contributed by atoms with E-state index in [1.165, 1.54) is 11.1 Å². The number of benzene rings is 3. The molecule has 1 aromatic heterocycles. The number of hydrogen-bond acceptors (Lipinski definition) is 1. The third-order valence-electron chi connectivity index (χ3n) is 4.55. The maximum Gasteiger partial charge on any atom is 0.287 e. The fraction of sp³-hybridized carbons (Fsp3) is 0.136. The van der Waals surface area contributed by atoms with E-state index >= 15 is 0 Å². The zero-order valence-electron chi connectivity index (χ0n) is 14.3. The highest BCUT2D eigenvalue weighted by atomic mass is 16.5. The van der Waals surface area contributed by atoms with E-state index in [0.717, 1.165) is 35.6 Å². The summed E-state index contributed by atoms with van der Waals surface area (Å²) in [4.78, 5) is 3.58. The predicted molar refractivity (Wildman–Crippen MR) is 101 cm³/mol. The van der Waals surface area contributed by atoms with Crippen LogP contribution in [0.4, 0.5) is 0 Å². The van der Waals surface area contributed by atoms with E-state index in [1.54, 1.807) is 7.11 Å². The van der Waals surface area contributed by atoms with Gasteiger partial charge >= 0.3 is 0 Å². The second kappa shape index (κ2) is 6.81. The summed E-state index contributed by atoms with van der Waals surface area (Å²) in [5.41, 5.74) is 4.89. The second-order valence-electron chi connectivity index (χ2n) is 6.11. The van der Waals surface area contributed by atoms with E-state index in [-0.39, 0.29) is 0 Å². The van der Waals surface area contributed by atoms with Gasteiger partial charge in [0.25, 0.3) is 5.82 Å². The van der Waals surface area contributed by atoms with Crippen molar-refractivity contribution in [2.24, 2.45) is 0 Å². The Kier molecular flexibility index (Phi) is 4.21. The molecule has 0 saturated carbocycles. The topological polar surface area (TPSA) is 28.9 Å². The first kappa shape index (κ1) is 15.5. The lowest BCUT2D eigenvalue weighted by molar-refractivity contribution is -0.659. The summed E-state index contributed by atoms with van der Waals surface area (Å²) in [6, 6.07) is 27.3. The van der Waals surface area contributed by atoms with Gasteiger partial charge in [-0.15, -0.1) is 0 Å². The largest absolute Gasteiger partial charge is 0.497 e. The molecule has 25 heavy (non-hydrogen) atoms. The summed E-state index contributed by atoms with van der Waals surface area (Å²) in [6.07, 6.45) is 0.997. The van der Waals surface area contributed by atoms with Crippen molar-refractivity contribution in [3.63, 3.8) is 0 Å². The van der Waals surface area contributed by atoms with Gasteiger partial charge in [0, 0.05) is 6.42 Å². The highest BCUT2D eigenvalue weighted by molar-refractivity contribution is 5.74. The van der Waals surface area contributed by atoms with Gasteiger partial charge in [-0.25, -0.2) is 9.55 Å². The quantitative estimate of drug-likeness (QED) is 0.541. The third-order valence-corrected chi connectivity index (χ3v) is 4.55. The van der Waals surface area contributed by atoms with Crippen LogP contribution in [0.5, 0.6) is 5.75 Å². The minimum atomic E-state index is 0.871. The lowest BCUT2D eigenvalue weighted by Crippen LogP contribution is -2.36. The second-order valence-corrected chi connectivity index (χ2v) is 6.11. The molecule has 0 spiro atoms. The number of nitrogens with one attached hydrogen (secondary N) is 1. The number of ether oxygens (including phenoxy) is 1. The zero-order chi connectivity index (χ0) is 17.1. The number of fused-ring (bicyclic) bond motifs is 1. The first-order valence-electron chi connectivity index (χ1n) is 8.54. The molecule has 0 aliphatic carbocycles. The van der Waals surface area contributed by atoms with Crippen LogP contribution in [0.2, 0.25) is 0 Å². The van der Waals surface area contributed by atoms with E-state index < -0.39 is 0 Å². The van der Waals surface area contributed by atoms with E-state index in [1.807, 2.05) is 12.1 Å². The molecule has 3 nitrogen and oxygen atoms in total. The van der Waals surface area contributed by atoms with E-state index in [4.69, 9.17) is 4.74 Å². The highest BCUT2D eigenvalue weighted by Crippen LogP contribution is 2.22. The molecule has 0 saturated heterocycles. The van der Waals surface area contributed by atoms with Crippen molar-refractivity contribution in [3.05, 3.63) is 84.4 Å². The van der Waals surface area contributed by atoms with Crippen LogP contribution in [0.25, 0.3) is 22.4 Å². The van der Waals surface area contributed by atoms with Gasteiger partial charge in [-0.3, -0.25) is 0 Å². The average Bonchev–Trinajstić information content (AvgIpc) is 3.06. The minimum absolute atomic E-state index is 0.871. The van der Waals surface area contributed by atoms with Gasteiger partial charge in [0.2, 0.25) is 0 Å². The van der Waals surface area contributed by atoms with Gasteiger partial charge in [-0.2, -0.15) is 0 Å². The van der Waals surface area contributed by atoms with Crippen molar-refractivity contribution in [2.75, 3.05) is 7.11 Å². The number of aromatic amines is 1. The van der Waals surface area contributed by atoms with Crippen LogP contribution in [-0.2, 0) is 13.0 Å². The van der Waals surface area contributed by atoms with Crippen LogP contribution >= 0.6 is 0 Å². The van der Waals surface area contributed by atoms with Crippen LogP contribution in [0.1, 0.15) is 5.56 Å². The van der Waals surface area contributed by atoms with Crippen molar-refractivity contribution in [2.45, 2.75) is 13.0 Å². The minimum Gasteiger partial charge on any atom is -0.497 e. The third kappa shape index (κ3) is 3.13.